The van der Waals surface area contributed by atoms with E-state index >= 15 is 0 Å². The van der Waals surface area contributed by atoms with Gasteiger partial charge < -0.3 is 5.11 Å². The van der Waals surface area contributed by atoms with Gasteiger partial charge in [0.1, 0.15) is 5.75 Å². The summed E-state index contributed by atoms with van der Waals surface area (Å²) in [5.41, 5.74) is 4.96. The molecule has 0 spiro atoms. The first-order valence-electron chi connectivity index (χ1n) is 7.84. The van der Waals surface area contributed by atoms with Crippen LogP contribution in [0.1, 0.15) is 51.7 Å². The summed E-state index contributed by atoms with van der Waals surface area (Å²) in [6, 6.07) is 14.7. The third-order valence-electron chi connectivity index (χ3n) is 3.96. The third kappa shape index (κ3) is 3.87. The van der Waals surface area contributed by atoms with Crippen LogP contribution in [0.2, 0.25) is 0 Å². The summed E-state index contributed by atoms with van der Waals surface area (Å²) in [6.45, 7) is 8.86. The molecule has 0 aromatic heterocycles. The fourth-order valence-electron chi connectivity index (χ4n) is 2.50. The van der Waals surface area contributed by atoms with Crippen molar-refractivity contribution in [1.82, 2.24) is 0 Å². The van der Waals surface area contributed by atoms with E-state index in [1.807, 2.05) is 12.1 Å². The number of aromatic hydroxyl groups is 1. The van der Waals surface area contributed by atoms with Crippen molar-refractivity contribution in [3.63, 3.8) is 0 Å². The Morgan fingerprint density at radius 1 is 0.905 bits per heavy atom. The minimum Gasteiger partial charge on any atom is -0.508 e. The van der Waals surface area contributed by atoms with Gasteiger partial charge in [0, 0.05) is 0 Å². The molecule has 0 unspecified atom stereocenters. The van der Waals surface area contributed by atoms with Crippen LogP contribution in [0.3, 0.4) is 0 Å². The standard InChI is InChI=1S/C20H26O/c1-5-6-7-17-14-16(10-13-19(17)21)15-8-11-18(12-9-15)20(2,3)4/h8-14,21H,5-7H2,1-4H3. The van der Waals surface area contributed by atoms with Crippen LogP contribution in [0, 0.1) is 0 Å². The molecule has 0 fully saturated rings. The maximum absolute atomic E-state index is 9.96. The van der Waals surface area contributed by atoms with Crippen molar-refractivity contribution < 1.29 is 5.11 Å². The molecule has 2 aromatic rings. The fraction of sp³-hybridized carbons (Fsp3) is 0.400. The van der Waals surface area contributed by atoms with Crippen LogP contribution in [-0.2, 0) is 11.8 Å². The lowest BCUT2D eigenvalue weighted by molar-refractivity contribution is 0.467. The summed E-state index contributed by atoms with van der Waals surface area (Å²) in [5, 5.41) is 9.96. The number of unbranched alkanes of at least 4 members (excludes halogenated alkanes) is 1. The lowest BCUT2D eigenvalue weighted by atomic mass is 9.86. The lowest BCUT2D eigenvalue weighted by Gasteiger charge is -2.19. The molecule has 0 heterocycles. The average Bonchev–Trinajstić information content (AvgIpc) is 2.46. The van der Waals surface area contributed by atoms with Crippen molar-refractivity contribution in [1.29, 1.82) is 0 Å². The Labute approximate surface area is 128 Å². The van der Waals surface area contributed by atoms with E-state index in [0.717, 1.165) is 24.8 Å². The van der Waals surface area contributed by atoms with Crippen molar-refractivity contribution >= 4 is 0 Å². The lowest BCUT2D eigenvalue weighted by Crippen LogP contribution is -2.10. The Morgan fingerprint density at radius 3 is 2.10 bits per heavy atom. The van der Waals surface area contributed by atoms with Gasteiger partial charge in [-0.15, -0.1) is 0 Å². The molecule has 1 N–H and O–H groups in total. The third-order valence-corrected chi connectivity index (χ3v) is 3.96. The molecule has 0 aliphatic heterocycles. The van der Waals surface area contributed by atoms with Gasteiger partial charge in [-0.2, -0.15) is 0 Å². The minimum absolute atomic E-state index is 0.180. The number of benzene rings is 2. The molecule has 2 aromatic carbocycles. The Hall–Kier alpha value is -1.76. The molecule has 0 atom stereocenters. The van der Waals surface area contributed by atoms with Crippen molar-refractivity contribution in [3.05, 3.63) is 53.6 Å². The molecule has 1 heteroatoms. The van der Waals surface area contributed by atoms with Crippen LogP contribution in [0.15, 0.2) is 42.5 Å². The number of phenolic OH excluding ortho intramolecular Hbond substituents is 1. The Balaban J connectivity index is 2.29. The normalized spacial score (nSPS) is 11.6. The number of hydrogen-bond acceptors (Lipinski definition) is 1. The number of aryl methyl sites for hydroxylation is 1. The van der Waals surface area contributed by atoms with E-state index in [9.17, 15) is 5.11 Å². The van der Waals surface area contributed by atoms with Gasteiger partial charge in [0.25, 0.3) is 0 Å². The van der Waals surface area contributed by atoms with Crippen LogP contribution in [0.5, 0.6) is 5.75 Å². The van der Waals surface area contributed by atoms with E-state index < -0.39 is 0 Å². The summed E-state index contributed by atoms with van der Waals surface area (Å²) >= 11 is 0. The van der Waals surface area contributed by atoms with Gasteiger partial charge in [-0.3, -0.25) is 0 Å². The van der Waals surface area contributed by atoms with Crippen LogP contribution in [0.25, 0.3) is 11.1 Å². The van der Waals surface area contributed by atoms with Crippen LogP contribution >= 0.6 is 0 Å². The second kappa shape index (κ2) is 6.34. The maximum Gasteiger partial charge on any atom is 0.118 e. The summed E-state index contributed by atoms with van der Waals surface area (Å²) < 4.78 is 0. The van der Waals surface area contributed by atoms with Crippen molar-refractivity contribution in [3.8, 4) is 16.9 Å². The van der Waals surface area contributed by atoms with Gasteiger partial charge in [-0.1, -0.05) is 64.4 Å². The monoisotopic (exact) mass is 282 g/mol. The number of hydrogen-bond donors (Lipinski definition) is 1. The molecule has 21 heavy (non-hydrogen) atoms. The number of rotatable bonds is 4. The molecule has 0 radical (unpaired) electrons. The van der Waals surface area contributed by atoms with Gasteiger partial charge in [0.05, 0.1) is 0 Å². The summed E-state index contributed by atoms with van der Waals surface area (Å²) in [7, 11) is 0. The van der Waals surface area contributed by atoms with Gasteiger partial charge >= 0.3 is 0 Å². The second-order valence-corrected chi connectivity index (χ2v) is 6.77. The van der Waals surface area contributed by atoms with E-state index in [0.29, 0.717) is 5.75 Å². The molecule has 0 bridgehead atoms. The highest BCUT2D eigenvalue weighted by molar-refractivity contribution is 5.66. The molecule has 0 saturated heterocycles. The quantitative estimate of drug-likeness (QED) is 0.762. The van der Waals surface area contributed by atoms with Crippen LogP contribution in [-0.4, -0.2) is 5.11 Å². The maximum atomic E-state index is 9.96. The zero-order chi connectivity index (χ0) is 15.5. The predicted octanol–water partition coefficient (Wildman–Crippen LogP) is 5.70. The Morgan fingerprint density at radius 2 is 1.52 bits per heavy atom. The summed E-state index contributed by atoms with van der Waals surface area (Å²) in [5.74, 6) is 0.415. The van der Waals surface area contributed by atoms with Crippen LogP contribution < -0.4 is 0 Å². The number of phenols is 1. The smallest absolute Gasteiger partial charge is 0.118 e. The van der Waals surface area contributed by atoms with Gasteiger partial charge in [0.2, 0.25) is 0 Å². The van der Waals surface area contributed by atoms with E-state index in [4.69, 9.17) is 0 Å². The average molecular weight is 282 g/mol. The highest BCUT2D eigenvalue weighted by Gasteiger charge is 2.13. The molecule has 0 saturated carbocycles. The molecule has 1 nitrogen and oxygen atoms in total. The zero-order valence-corrected chi connectivity index (χ0v) is 13.6. The predicted molar refractivity (Wildman–Crippen MR) is 90.9 cm³/mol. The van der Waals surface area contributed by atoms with Gasteiger partial charge in [-0.05, 0) is 52.6 Å². The first kappa shape index (κ1) is 15.6. The second-order valence-electron chi connectivity index (χ2n) is 6.77. The first-order chi connectivity index (χ1) is 9.91. The molecule has 2 rings (SSSR count). The van der Waals surface area contributed by atoms with Crippen LogP contribution in [0.4, 0.5) is 0 Å². The van der Waals surface area contributed by atoms with E-state index in [2.05, 4.69) is 58.0 Å². The molecule has 0 aliphatic carbocycles. The van der Waals surface area contributed by atoms with E-state index in [-0.39, 0.29) is 5.41 Å². The molecular weight excluding hydrogens is 256 g/mol. The highest BCUT2D eigenvalue weighted by Crippen LogP contribution is 2.29. The summed E-state index contributed by atoms with van der Waals surface area (Å²) in [4.78, 5) is 0. The topological polar surface area (TPSA) is 20.2 Å². The Bertz CT molecular complexity index is 588. The minimum atomic E-state index is 0.180. The zero-order valence-electron chi connectivity index (χ0n) is 13.6. The molecular formula is C20H26O. The molecule has 0 aliphatic rings. The van der Waals surface area contributed by atoms with Gasteiger partial charge in [-0.25, -0.2) is 0 Å². The van der Waals surface area contributed by atoms with E-state index in [1.54, 1.807) is 0 Å². The molecule has 0 amide bonds. The molecule has 112 valence electrons. The fourth-order valence-corrected chi connectivity index (χ4v) is 2.50. The summed E-state index contributed by atoms with van der Waals surface area (Å²) in [6.07, 6.45) is 3.19. The largest absolute Gasteiger partial charge is 0.508 e. The first-order valence-corrected chi connectivity index (χ1v) is 7.84. The SMILES string of the molecule is CCCCc1cc(-c2ccc(C(C)(C)C)cc2)ccc1O. The van der Waals surface area contributed by atoms with E-state index in [1.165, 1.54) is 16.7 Å². The highest BCUT2D eigenvalue weighted by atomic mass is 16.3. The van der Waals surface area contributed by atoms with Gasteiger partial charge in [0.15, 0.2) is 0 Å². The van der Waals surface area contributed by atoms with Crippen molar-refractivity contribution in [2.24, 2.45) is 0 Å². The van der Waals surface area contributed by atoms with Crippen molar-refractivity contribution in [2.45, 2.75) is 52.4 Å². The Kier molecular flexibility index (Phi) is 4.72. The van der Waals surface area contributed by atoms with Crippen molar-refractivity contribution in [2.75, 3.05) is 0 Å².